The first-order chi connectivity index (χ1) is 9.71. The zero-order valence-electron chi connectivity index (χ0n) is 12.9. The monoisotopic (exact) mass is 277 g/mol. The van der Waals surface area contributed by atoms with Gasteiger partial charge >= 0.3 is 0 Å². The third kappa shape index (κ3) is 5.51. The highest BCUT2D eigenvalue weighted by Gasteiger charge is 2.02. The Morgan fingerprint density at radius 3 is 2.65 bits per heavy atom. The normalized spacial score (nSPS) is 11.4. The van der Waals surface area contributed by atoms with Gasteiger partial charge in [0.15, 0.2) is 5.96 Å². The van der Waals surface area contributed by atoms with Crippen LogP contribution in [-0.4, -0.2) is 30.6 Å². The van der Waals surface area contributed by atoms with E-state index in [0.29, 0.717) is 12.5 Å². The SMILES string of the molecule is CCCCOc1cccc(CN=C(N)N(CC)CC)c1. The summed E-state index contributed by atoms with van der Waals surface area (Å²) in [6.45, 7) is 9.43. The van der Waals surface area contributed by atoms with Crippen LogP contribution in [0.15, 0.2) is 29.3 Å². The highest BCUT2D eigenvalue weighted by molar-refractivity contribution is 5.78. The number of aliphatic imine (C=N–C) groups is 1. The third-order valence-corrected chi connectivity index (χ3v) is 3.18. The summed E-state index contributed by atoms with van der Waals surface area (Å²) in [6, 6.07) is 8.07. The molecule has 0 aliphatic rings. The number of nitrogens with two attached hydrogens (primary N) is 1. The van der Waals surface area contributed by atoms with Crippen molar-refractivity contribution in [3.8, 4) is 5.75 Å². The zero-order chi connectivity index (χ0) is 14.8. The van der Waals surface area contributed by atoms with Crippen LogP contribution in [0.25, 0.3) is 0 Å². The fourth-order valence-electron chi connectivity index (χ4n) is 1.89. The van der Waals surface area contributed by atoms with Crippen LogP contribution in [0, 0.1) is 0 Å². The predicted molar refractivity (Wildman–Crippen MR) is 85.1 cm³/mol. The Bertz CT molecular complexity index is 414. The van der Waals surface area contributed by atoms with Crippen LogP contribution in [-0.2, 0) is 6.54 Å². The molecule has 2 N–H and O–H groups in total. The highest BCUT2D eigenvalue weighted by atomic mass is 16.5. The van der Waals surface area contributed by atoms with E-state index in [1.54, 1.807) is 0 Å². The van der Waals surface area contributed by atoms with Crippen molar-refractivity contribution in [1.29, 1.82) is 0 Å². The summed E-state index contributed by atoms with van der Waals surface area (Å²) in [5.41, 5.74) is 7.09. The molecule has 20 heavy (non-hydrogen) atoms. The maximum atomic E-state index is 5.97. The minimum atomic E-state index is 0.591. The minimum Gasteiger partial charge on any atom is -0.494 e. The predicted octanol–water partition coefficient (Wildman–Crippen LogP) is 3.02. The number of guanidine groups is 1. The molecule has 1 aromatic carbocycles. The summed E-state index contributed by atoms with van der Waals surface area (Å²) in [6.07, 6.45) is 2.22. The minimum absolute atomic E-state index is 0.591. The van der Waals surface area contributed by atoms with Crippen molar-refractivity contribution >= 4 is 5.96 Å². The Hall–Kier alpha value is -1.71. The lowest BCUT2D eigenvalue weighted by Crippen LogP contribution is -2.37. The van der Waals surface area contributed by atoms with Crippen molar-refractivity contribution in [2.75, 3.05) is 19.7 Å². The van der Waals surface area contributed by atoms with Gasteiger partial charge in [0, 0.05) is 13.1 Å². The van der Waals surface area contributed by atoms with Gasteiger partial charge in [-0.1, -0.05) is 25.5 Å². The second kappa shape index (κ2) is 9.23. The summed E-state index contributed by atoms with van der Waals surface area (Å²) in [7, 11) is 0. The van der Waals surface area contributed by atoms with Gasteiger partial charge < -0.3 is 15.4 Å². The molecule has 0 spiro atoms. The van der Waals surface area contributed by atoms with Crippen LogP contribution in [0.1, 0.15) is 39.2 Å². The molecule has 0 aromatic heterocycles. The van der Waals surface area contributed by atoms with Gasteiger partial charge in [0.25, 0.3) is 0 Å². The first-order valence-electron chi connectivity index (χ1n) is 7.47. The molecule has 0 bridgehead atoms. The standard InChI is InChI=1S/C16H27N3O/c1-4-7-11-20-15-10-8-9-14(12-15)13-18-16(17)19(5-2)6-3/h8-10,12H,4-7,11,13H2,1-3H3,(H2,17,18). The second-order valence-electron chi connectivity index (χ2n) is 4.70. The maximum Gasteiger partial charge on any atom is 0.191 e. The molecule has 0 unspecified atom stereocenters. The number of unbranched alkanes of at least 4 members (excludes halogenated alkanes) is 1. The van der Waals surface area contributed by atoms with Gasteiger partial charge in [0.2, 0.25) is 0 Å². The molecule has 4 heteroatoms. The molecule has 1 aromatic rings. The molecule has 0 amide bonds. The number of ether oxygens (including phenoxy) is 1. The highest BCUT2D eigenvalue weighted by Crippen LogP contribution is 2.14. The third-order valence-electron chi connectivity index (χ3n) is 3.18. The summed E-state index contributed by atoms with van der Waals surface area (Å²) < 4.78 is 5.69. The first kappa shape index (κ1) is 16.3. The van der Waals surface area contributed by atoms with Crippen LogP contribution in [0.3, 0.4) is 0 Å². The maximum absolute atomic E-state index is 5.97. The van der Waals surface area contributed by atoms with E-state index in [0.717, 1.165) is 43.9 Å². The van der Waals surface area contributed by atoms with Gasteiger partial charge in [-0.2, -0.15) is 0 Å². The summed E-state index contributed by atoms with van der Waals surface area (Å²) in [5, 5.41) is 0. The van der Waals surface area contributed by atoms with Crippen LogP contribution in [0.4, 0.5) is 0 Å². The van der Waals surface area contributed by atoms with Gasteiger partial charge in [-0.15, -0.1) is 0 Å². The average molecular weight is 277 g/mol. The van der Waals surface area contributed by atoms with E-state index >= 15 is 0 Å². The Labute approximate surface area is 122 Å². The van der Waals surface area contributed by atoms with E-state index in [-0.39, 0.29) is 0 Å². The Kier molecular flexibility index (Phi) is 7.55. The second-order valence-corrected chi connectivity index (χ2v) is 4.70. The molecule has 0 fully saturated rings. The van der Waals surface area contributed by atoms with Gasteiger partial charge in [0.05, 0.1) is 13.2 Å². The molecule has 0 saturated heterocycles. The summed E-state index contributed by atoms with van der Waals surface area (Å²) in [5.74, 6) is 1.51. The molecule has 4 nitrogen and oxygen atoms in total. The summed E-state index contributed by atoms with van der Waals surface area (Å²) in [4.78, 5) is 6.48. The molecule has 112 valence electrons. The fraction of sp³-hybridized carbons (Fsp3) is 0.562. The van der Waals surface area contributed by atoms with E-state index in [1.165, 1.54) is 0 Å². The van der Waals surface area contributed by atoms with Crippen LogP contribution >= 0.6 is 0 Å². The lowest BCUT2D eigenvalue weighted by molar-refractivity contribution is 0.309. The molecule has 0 aliphatic carbocycles. The Balaban J connectivity index is 2.59. The van der Waals surface area contributed by atoms with Crippen LogP contribution < -0.4 is 10.5 Å². The van der Waals surface area contributed by atoms with E-state index in [1.807, 2.05) is 29.2 Å². The van der Waals surface area contributed by atoms with E-state index < -0.39 is 0 Å². The zero-order valence-corrected chi connectivity index (χ0v) is 12.9. The quantitative estimate of drug-likeness (QED) is 0.451. The Morgan fingerprint density at radius 1 is 1.25 bits per heavy atom. The molecule has 1 rings (SSSR count). The smallest absolute Gasteiger partial charge is 0.191 e. The van der Waals surface area contributed by atoms with Gasteiger partial charge in [-0.25, -0.2) is 4.99 Å². The Morgan fingerprint density at radius 2 is 2.00 bits per heavy atom. The van der Waals surface area contributed by atoms with E-state index in [4.69, 9.17) is 10.5 Å². The number of hydrogen-bond donors (Lipinski definition) is 1. The molecule has 0 heterocycles. The van der Waals surface area contributed by atoms with Crippen molar-refractivity contribution in [3.05, 3.63) is 29.8 Å². The van der Waals surface area contributed by atoms with Crippen molar-refractivity contribution in [2.45, 2.75) is 40.2 Å². The lowest BCUT2D eigenvalue weighted by Gasteiger charge is -2.19. The van der Waals surface area contributed by atoms with Crippen molar-refractivity contribution in [3.63, 3.8) is 0 Å². The number of hydrogen-bond acceptors (Lipinski definition) is 2. The van der Waals surface area contributed by atoms with Crippen LogP contribution in [0.2, 0.25) is 0 Å². The average Bonchev–Trinajstić information content (AvgIpc) is 2.47. The van der Waals surface area contributed by atoms with Crippen LogP contribution in [0.5, 0.6) is 5.75 Å². The molecule has 0 saturated carbocycles. The molecule has 0 aliphatic heterocycles. The number of nitrogens with zero attached hydrogens (tertiary/aromatic N) is 2. The molecule has 0 atom stereocenters. The fourth-order valence-corrected chi connectivity index (χ4v) is 1.89. The van der Waals surface area contributed by atoms with E-state index in [2.05, 4.69) is 25.8 Å². The summed E-state index contributed by atoms with van der Waals surface area (Å²) >= 11 is 0. The molecule has 0 radical (unpaired) electrons. The van der Waals surface area contributed by atoms with Crippen molar-refractivity contribution in [1.82, 2.24) is 4.90 Å². The molecular weight excluding hydrogens is 250 g/mol. The first-order valence-corrected chi connectivity index (χ1v) is 7.47. The van der Waals surface area contributed by atoms with Crippen molar-refractivity contribution in [2.24, 2.45) is 10.7 Å². The van der Waals surface area contributed by atoms with Gasteiger partial charge in [-0.3, -0.25) is 0 Å². The topological polar surface area (TPSA) is 50.9 Å². The molecular formula is C16H27N3O. The van der Waals surface area contributed by atoms with E-state index in [9.17, 15) is 0 Å². The number of rotatable bonds is 8. The van der Waals surface area contributed by atoms with Gasteiger partial charge in [0.1, 0.15) is 5.75 Å². The van der Waals surface area contributed by atoms with Crippen molar-refractivity contribution < 1.29 is 4.74 Å². The lowest BCUT2D eigenvalue weighted by atomic mass is 10.2. The number of benzene rings is 1. The van der Waals surface area contributed by atoms with Gasteiger partial charge in [-0.05, 0) is 38.0 Å². The largest absolute Gasteiger partial charge is 0.494 e.